The smallest absolute Gasteiger partial charge is 0.271 e. The fourth-order valence-corrected chi connectivity index (χ4v) is 2.77. The molecule has 4 nitrogen and oxygen atoms in total. The summed E-state index contributed by atoms with van der Waals surface area (Å²) in [5, 5.41) is 0. The van der Waals surface area contributed by atoms with E-state index in [4.69, 9.17) is 0 Å². The van der Waals surface area contributed by atoms with Gasteiger partial charge >= 0.3 is 10.2 Å². The summed E-state index contributed by atoms with van der Waals surface area (Å²) < 4.78 is 28.8. The predicted octanol–water partition coefficient (Wildman–Crippen LogP) is 2.75. The Morgan fingerprint density at radius 3 is 2.47 bits per heavy atom. The standard InChI is InChI=1S/C11H17BrN2O2S/c1-8(2)14(4)17(15,16)13-11-7-5-6-10(12)9(11)3/h5-8,13H,1-4H3. The topological polar surface area (TPSA) is 49.4 Å². The summed E-state index contributed by atoms with van der Waals surface area (Å²) in [6.45, 7) is 5.51. The van der Waals surface area contributed by atoms with Crippen LogP contribution >= 0.6 is 15.9 Å². The third-order valence-corrected chi connectivity index (χ3v) is 5.13. The molecule has 0 amide bonds. The van der Waals surface area contributed by atoms with Crippen LogP contribution in [0.25, 0.3) is 0 Å². The zero-order chi connectivity index (χ0) is 13.2. The lowest BCUT2D eigenvalue weighted by Gasteiger charge is -2.22. The molecule has 6 heteroatoms. The first-order chi connectivity index (χ1) is 7.75. The largest absolute Gasteiger partial charge is 0.301 e. The summed E-state index contributed by atoms with van der Waals surface area (Å²) in [6, 6.07) is 5.33. The molecule has 0 saturated heterocycles. The van der Waals surface area contributed by atoms with E-state index in [1.54, 1.807) is 19.2 Å². The molecule has 1 aromatic carbocycles. The molecule has 96 valence electrons. The SMILES string of the molecule is Cc1c(Br)cccc1NS(=O)(=O)N(C)C(C)C. The molecule has 0 aliphatic rings. The number of anilines is 1. The fourth-order valence-electron chi connectivity index (χ4n) is 1.21. The Kier molecular flexibility index (Phi) is 4.57. The lowest BCUT2D eigenvalue weighted by atomic mass is 10.2. The first kappa shape index (κ1) is 14.5. The van der Waals surface area contributed by atoms with E-state index >= 15 is 0 Å². The highest BCUT2D eigenvalue weighted by molar-refractivity contribution is 9.10. The molecule has 0 radical (unpaired) electrons. The van der Waals surface area contributed by atoms with E-state index in [0.29, 0.717) is 5.69 Å². The maximum Gasteiger partial charge on any atom is 0.301 e. The quantitative estimate of drug-likeness (QED) is 0.927. The first-order valence-corrected chi connectivity index (χ1v) is 7.50. The summed E-state index contributed by atoms with van der Waals surface area (Å²) >= 11 is 3.37. The minimum Gasteiger partial charge on any atom is -0.271 e. The average molecular weight is 321 g/mol. The van der Waals surface area contributed by atoms with Crippen LogP contribution in [0.3, 0.4) is 0 Å². The monoisotopic (exact) mass is 320 g/mol. The Morgan fingerprint density at radius 1 is 1.35 bits per heavy atom. The molecule has 17 heavy (non-hydrogen) atoms. The predicted molar refractivity (Wildman–Crippen MR) is 74.3 cm³/mol. The lowest BCUT2D eigenvalue weighted by Crippen LogP contribution is -2.37. The molecule has 0 unspecified atom stereocenters. The number of benzene rings is 1. The van der Waals surface area contributed by atoms with Crippen molar-refractivity contribution < 1.29 is 8.42 Å². The maximum atomic E-state index is 12.0. The van der Waals surface area contributed by atoms with Crippen molar-refractivity contribution in [3.8, 4) is 0 Å². The van der Waals surface area contributed by atoms with Crippen LogP contribution in [-0.4, -0.2) is 25.8 Å². The number of hydrogen-bond donors (Lipinski definition) is 1. The van der Waals surface area contributed by atoms with Gasteiger partial charge in [-0.2, -0.15) is 12.7 Å². The molecule has 1 rings (SSSR count). The van der Waals surface area contributed by atoms with E-state index in [0.717, 1.165) is 10.0 Å². The van der Waals surface area contributed by atoms with E-state index in [9.17, 15) is 8.42 Å². The van der Waals surface area contributed by atoms with Gasteiger partial charge in [0.2, 0.25) is 0 Å². The Labute approximate surface area is 111 Å². The summed E-state index contributed by atoms with van der Waals surface area (Å²) in [5.74, 6) is 0. The number of nitrogens with zero attached hydrogens (tertiary/aromatic N) is 1. The van der Waals surface area contributed by atoms with Crippen LogP contribution in [0, 0.1) is 6.92 Å². The van der Waals surface area contributed by atoms with Crippen molar-refractivity contribution in [2.75, 3.05) is 11.8 Å². The van der Waals surface area contributed by atoms with Gasteiger partial charge in [-0.15, -0.1) is 0 Å². The Hall–Kier alpha value is -0.590. The number of halogens is 1. The second-order valence-corrected chi connectivity index (χ2v) is 6.71. The van der Waals surface area contributed by atoms with Crippen LogP contribution in [0.4, 0.5) is 5.69 Å². The van der Waals surface area contributed by atoms with Crippen molar-refractivity contribution in [2.24, 2.45) is 0 Å². The molecule has 0 heterocycles. The minimum atomic E-state index is -3.49. The van der Waals surface area contributed by atoms with E-state index in [2.05, 4.69) is 20.7 Å². The Balaban J connectivity index is 3.03. The van der Waals surface area contributed by atoms with E-state index < -0.39 is 10.2 Å². The molecule has 0 saturated carbocycles. The molecule has 1 N–H and O–H groups in total. The molecule has 0 aliphatic carbocycles. The number of hydrogen-bond acceptors (Lipinski definition) is 2. The molecule has 0 bridgehead atoms. The van der Waals surface area contributed by atoms with Gasteiger partial charge in [-0.05, 0) is 38.5 Å². The van der Waals surface area contributed by atoms with Gasteiger partial charge in [-0.1, -0.05) is 22.0 Å². The van der Waals surface area contributed by atoms with Crippen molar-refractivity contribution in [3.05, 3.63) is 28.2 Å². The normalized spacial score (nSPS) is 12.2. The average Bonchev–Trinajstić information content (AvgIpc) is 2.23. The van der Waals surface area contributed by atoms with Gasteiger partial charge in [0.15, 0.2) is 0 Å². The molecule has 0 atom stereocenters. The molecular formula is C11H17BrN2O2S. The summed E-state index contributed by atoms with van der Waals surface area (Å²) in [4.78, 5) is 0. The highest BCUT2D eigenvalue weighted by Crippen LogP contribution is 2.24. The van der Waals surface area contributed by atoms with Crippen LogP contribution in [-0.2, 0) is 10.2 Å². The highest BCUT2D eigenvalue weighted by atomic mass is 79.9. The van der Waals surface area contributed by atoms with Crippen molar-refractivity contribution >= 4 is 31.8 Å². The van der Waals surface area contributed by atoms with Crippen LogP contribution < -0.4 is 4.72 Å². The second-order valence-electron chi connectivity index (χ2n) is 4.13. The van der Waals surface area contributed by atoms with Crippen molar-refractivity contribution in [1.82, 2.24) is 4.31 Å². The molecular weight excluding hydrogens is 304 g/mol. The minimum absolute atomic E-state index is 0.0834. The molecule has 0 aromatic heterocycles. The van der Waals surface area contributed by atoms with Crippen molar-refractivity contribution in [1.29, 1.82) is 0 Å². The third-order valence-electron chi connectivity index (χ3n) is 2.61. The molecule has 0 aliphatic heterocycles. The van der Waals surface area contributed by atoms with E-state index in [-0.39, 0.29) is 6.04 Å². The molecule has 0 spiro atoms. The number of rotatable bonds is 4. The van der Waals surface area contributed by atoms with Gasteiger partial charge in [0.1, 0.15) is 0 Å². The number of nitrogens with one attached hydrogen (secondary N) is 1. The lowest BCUT2D eigenvalue weighted by molar-refractivity contribution is 0.414. The van der Waals surface area contributed by atoms with E-state index in [1.807, 2.05) is 26.8 Å². The van der Waals surface area contributed by atoms with Gasteiger partial charge in [-0.3, -0.25) is 4.72 Å². The van der Waals surface area contributed by atoms with Crippen molar-refractivity contribution in [3.63, 3.8) is 0 Å². The first-order valence-electron chi connectivity index (χ1n) is 5.26. The summed E-state index contributed by atoms with van der Waals surface area (Å²) in [7, 11) is -1.93. The molecule has 1 aromatic rings. The zero-order valence-electron chi connectivity index (χ0n) is 10.4. The Bertz CT molecular complexity index is 500. The third kappa shape index (κ3) is 3.43. The second kappa shape index (κ2) is 5.37. The van der Waals surface area contributed by atoms with Crippen molar-refractivity contribution in [2.45, 2.75) is 26.8 Å². The van der Waals surface area contributed by atoms with Gasteiger partial charge in [0.25, 0.3) is 0 Å². The highest BCUT2D eigenvalue weighted by Gasteiger charge is 2.21. The summed E-state index contributed by atoms with van der Waals surface area (Å²) in [5.41, 5.74) is 1.46. The van der Waals surface area contributed by atoms with Crippen LogP contribution in [0.5, 0.6) is 0 Å². The van der Waals surface area contributed by atoms with Crippen LogP contribution in [0.15, 0.2) is 22.7 Å². The fraction of sp³-hybridized carbons (Fsp3) is 0.455. The summed E-state index contributed by atoms with van der Waals surface area (Å²) in [6.07, 6.45) is 0. The van der Waals surface area contributed by atoms with Gasteiger partial charge < -0.3 is 0 Å². The zero-order valence-corrected chi connectivity index (χ0v) is 12.8. The van der Waals surface area contributed by atoms with Gasteiger partial charge in [0, 0.05) is 17.6 Å². The Morgan fingerprint density at radius 2 is 1.94 bits per heavy atom. The maximum absolute atomic E-state index is 12.0. The van der Waals surface area contributed by atoms with Crippen LogP contribution in [0.2, 0.25) is 0 Å². The molecule has 0 fully saturated rings. The van der Waals surface area contributed by atoms with Gasteiger partial charge in [0.05, 0.1) is 5.69 Å². The van der Waals surface area contributed by atoms with Gasteiger partial charge in [-0.25, -0.2) is 0 Å². The van der Waals surface area contributed by atoms with E-state index in [1.165, 1.54) is 4.31 Å². The van der Waals surface area contributed by atoms with Crippen LogP contribution in [0.1, 0.15) is 19.4 Å².